The van der Waals surface area contributed by atoms with Crippen LogP contribution in [0.1, 0.15) is 32.6 Å². The number of hydrogen-bond donors (Lipinski definition) is 0. The van der Waals surface area contributed by atoms with Gasteiger partial charge in [0.15, 0.2) is 0 Å². The van der Waals surface area contributed by atoms with Crippen molar-refractivity contribution in [3.8, 4) is 11.8 Å². The second-order valence-corrected chi connectivity index (χ2v) is 3.46. The topological polar surface area (TPSA) is 26.3 Å². The average Bonchev–Trinajstić information content (AvgIpc) is 2.16. The fourth-order valence-corrected chi connectivity index (χ4v) is 1.06. The summed E-state index contributed by atoms with van der Waals surface area (Å²) < 4.78 is 5.12. The Morgan fingerprint density at radius 1 is 1.57 bits per heavy atom. The summed E-state index contributed by atoms with van der Waals surface area (Å²) >= 11 is 5.51. The van der Waals surface area contributed by atoms with Gasteiger partial charge in [-0.05, 0) is 19.8 Å². The lowest BCUT2D eigenvalue weighted by atomic mass is 10.1. The zero-order chi connectivity index (χ0) is 10.8. The Kier molecular flexibility index (Phi) is 8.72. The molecule has 0 heterocycles. The van der Waals surface area contributed by atoms with Crippen molar-refractivity contribution in [1.82, 2.24) is 0 Å². The van der Waals surface area contributed by atoms with Crippen molar-refractivity contribution in [1.29, 1.82) is 0 Å². The first-order chi connectivity index (χ1) is 6.70. The van der Waals surface area contributed by atoms with E-state index in [0.29, 0.717) is 18.7 Å². The molecular formula is C11H17ClO2. The molecule has 14 heavy (non-hydrogen) atoms. The number of Topliss-reactive ketones (excluding diaryl/α,β-unsaturated/α-hetero) is 1. The van der Waals surface area contributed by atoms with Crippen molar-refractivity contribution in [2.75, 3.05) is 13.0 Å². The minimum Gasteiger partial charge on any atom is -0.369 e. The quantitative estimate of drug-likeness (QED) is 0.387. The van der Waals surface area contributed by atoms with Gasteiger partial charge in [0, 0.05) is 25.8 Å². The van der Waals surface area contributed by atoms with Crippen LogP contribution in [0, 0.1) is 11.8 Å². The Morgan fingerprint density at radius 3 is 2.79 bits per heavy atom. The molecule has 0 saturated heterocycles. The highest BCUT2D eigenvalue weighted by Crippen LogP contribution is 2.01. The van der Waals surface area contributed by atoms with Crippen LogP contribution in [0.5, 0.6) is 0 Å². The molecule has 0 radical (unpaired) electrons. The van der Waals surface area contributed by atoms with Crippen LogP contribution in [0.2, 0.25) is 0 Å². The number of halogens is 1. The van der Waals surface area contributed by atoms with Crippen molar-refractivity contribution in [2.24, 2.45) is 0 Å². The van der Waals surface area contributed by atoms with Crippen molar-refractivity contribution in [3.05, 3.63) is 0 Å². The van der Waals surface area contributed by atoms with Crippen LogP contribution < -0.4 is 0 Å². The Balaban J connectivity index is 3.75. The fraction of sp³-hybridized carbons (Fsp3) is 0.727. The molecule has 0 aliphatic rings. The number of unbranched alkanes of at least 4 members (excludes halogenated alkanes) is 1. The van der Waals surface area contributed by atoms with Gasteiger partial charge in [0.2, 0.25) is 0 Å². The van der Waals surface area contributed by atoms with Gasteiger partial charge >= 0.3 is 0 Å². The van der Waals surface area contributed by atoms with Gasteiger partial charge in [-0.15, -0.1) is 17.5 Å². The van der Waals surface area contributed by atoms with Gasteiger partial charge in [-0.25, -0.2) is 0 Å². The van der Waals surface area contributed by atoms with Gasteiger partial charge in [0.1, 0.15) is 11.9 Å². The number of carbonyl (C=O) groups excluding carboxylic acids is 1. The van der Waals surface area contributed by atoms with E-state index >= 15 is 0 Å². The molecule has 2 nitrogen and oxygen atoms in total. The molecule has 0 aliphatic heterocycles. The van der Waals surface area contributed by atoms with E-state index in [1.807, 2.05) is 0 Å². The van der Waals surface area contributed by atoms with Crippen LogP contribution in [0.15, 0.2) is 0 Å². The summed E-state index contributed by atoms with van der Waals surface area (Å²) in [6, 6.07) is 0. The van der Waals surface area contributed by atoms with Gasteiger partial charge in [-0.3, -0.25) is 0 Å². The van der Waals surface area contributed by atoms with Crippen molar-refractivity contribution in [2.45, 2.75) is 38.7 Å². The summed E-state index contributed by atoms with van der Waals surface area (Å²) in [6.07, 6.45) is 2.79. The molecule has 0 bridgehead atoms. The van der Waals surface area contributed by atoms with E-state index in [1.54, 1.807) is 14.0 Å². The van der Waals surface area contributed by atoms with Gasteiger partial charge in [0.05, 0.1) is 0 Å². The lowest BCUT2D eigenvalue weighted by molar-refractivity contribution is -0.117. The second kappa shape index (κ2) is 9.05. The molecule has 0 spiro atoms. The molecule has 0 rings (SSSR count). The number of rotatable bonds is 6. The van der Waals surface area contributed by atoms with Crippen LogP contribution in [-0.2, 0) is 9.53 Å². The fourth-order valence-electron chi connectivity index (χ4n) is 0.925. The van der Waals surface area contributed by atoms with Crippen LogP contribution in [-0.4, -0.2) is 24.9 Å². The first kappa shape index (κ1) is 13.5. The van der Waals surface area contributed by atoms with E-state index in [1.165, 1.54) is 0 Å². The second-order valence-electron chi connectivity index (χ2n) is 3.08. The number of carbonyl (C=O) groups is 1. The number of alkyl halides is 1. The lowest BCUT2D eigenvalue weighted by Gasteiger charge is -2.06. The normalized spacial score (nSPS) is 11.6. The smallest absolute Gasteiger partial charge is 0.129 e. The third kappa shape index (κ3) is 8.10. The van der Waals surface area contributed by atoms with Crippen molar-refractivity contribution >= 4 is 17.4 Å². The van der Waals surface area contributed by atoms with Crippen LogP contribution in [0.25, 0.3) is 0 Å². The predicted octanol–water partition coefficient (Wildman–Crippen LogP) is 2.39. The summed E-state index contributed by atoms with van der Waals surface area (Å²) in [6.45, 7) is 1.58. The SMILES string of the molecule is COC(C#CCCCCl)CCC(C)=O. The monoisotopic (exact) mass is 216 g/mol. The molecule has 0 fully saturated rings. The maximum Gasteiger partial charge on any atom is 0.129 e. The first-order valence-corrected chi connectivity index (χ1v) is 5.30. The van der Waals surface area contributed by atoms with E-state index < -0.39 is 0 Å². The molecule has 80 valence electrons. The summed E-state index contributed by atoms with van der Waals surface area (Å²) in [5.74, 6) is 6.78. The van der Waals surface area contributed by atoms with E-state index in [4.69, 9.17) is 16.3 Å². The summed E-state index contributed by atoms with van der Waals surface area (Å²) in [5, 5.41) is 0. The zero-order valence-electron chi connectivity index (χ0n) is 8.81. The summed E-state index contributed by atoms with van der Waals surface area (Å²) in [7, 11) is 1.61. The highest BCUT2D eigenvalue weighted by Gasteiger charge is 2.03. The molecule has 0 aromatic heterocycles. The third-order valence-corrected chi connectivity index (χ3v) is 2.01. The number of ketones is 1. The van der Waals surface area contributed by atoms with Gasteiger partial charge in [-0.2, -0.15) is 0 Å². The molecule has 1 unspecified atom stereocenters. The maximum absolute atomic E-state index is 10.7. The molecule has 0 aliphatic carbocycles. The van der Waals surface area contributed by atoms with Crippen LogP contribution in [0.3, 0.4) is 0 Å². The van der Waals surface area contributed by atoms with E-state index in [2.05, 4.69) is 11.8 Å². The lowest BCUT2D eigenvalue weighted by Crippen LogP contribution is -2.09. The first-order valence-electron chi connectivity index (χ1n) is 4.77. The number of methoxy groups -OCH3 is 1. The zero-order valence-corrected chi connectivity index (χ0v) is 9.56. The Labute approximate surface area is 91.0 Å². The van der Waals surface area contributed by atoms with Crippen molar-refractivity contribution < 1.29 is 9.53 Å². The molecule has 0 aromatic carbocycles. The predicted molar refractivity (Wildman–Crippen MR) is 58.4 cm³/mol. The molecule has 1 atom stereocenters. The van der Waals surface area contributed by atoms with Crippen molar-refractivity contribution in [3.63, 3.8) is 0 Å². The Bertz CT molecular complexity index is 215. The largest absolute Gasteiger partial charge is 0.369 e. The summed E-state index contributed by atoms with van der Waals surface area (Å²) in [4.78, 5) is 10.7. The maximum atomic E-state index is 10.7. The molecule has 0 N–H and O–H groups in total. The highest BCUT2D eigenvalue weighted by atomic mass is 35.5. The van der Waals surface area contributed by atoms with Gasteiger partial charge in [0.25, 0.3) is 0 Å². The van der Waals surface area contributed by atoms with Gasteiger partial charge < -0.3 is 9.53 Å². The van der Waals surface area contributed by atoms with E-state index in [0.717, 1.165) is 12.8 Å². The Morgan fingerprint density at radius 2 is 2.29 bits per heavy atom. The third-order valence-electron chi connectivity index (χ3n) is 1.74. The van der Waals surface area contributed by atoms with Crippen LogP contribution >= 0.6 is 11.6 Å². The summed E-state index contributed by atoms with van der Waals surface area (Å²) in [5.41, 5.74) is 0. The Hall–Kier alpha value is -0.520. The molecule has 0 aromatic rings. The van der Waals surface area contributed by atoms with Crippen LogP contribution in [0.4, 0.5) is 0 Å². The highest BCUT2D eigenvalue weighted by molar-refractivity contribution is 6.17. The number of ether oxygens (including phenoxy) is 1. The van der Waals surface area contributed by atoms with E-state index in [9.17, 15) is 4.79 Å². The average molecular weight is 217 g/mol. The molecular weight excluding hydrogens is 200 g/mol. The molecule has 0 saturated carbocycles. The molecule has 0 amide bonds. The minimum atomic E-state index is -0.116. The van der Waals surface area contributed by atoms with Gasteiger partial charge in [-0.1, -0.05) is 5.92 Å². The molecule has 3 heteroatoms. The van der Waals surface area contributed by atoms with E-state index in [-0.39, 0.29) is 11.9 Å². The number of hydrogen-bond acceptors (Lipinski definition) is 2. The minimum absolute atomic E-state index is 0.116. The standard InChI is InChI=1S/C11H17ClO2/c1-10(13)7-8-11(14-2)6-4-3-5-9-12/h11H,3,5,7-9H2,1-2H3.